The van der Waals surface area contributed by atoms with Crippen LogP contribution in [0.1, 0.15) is 21.6 Å². The minimum atomic E-state index is -4.67. The third kappa shape index (κ3) is 5.49. The number of sulfonamides is 1. The Labute approximate surface area is 200 Å². The number of carboxylic acids is 1. The van der Waals surface area contributed by atoms with Gasteiger partial charge in [0.2, 0.25) is 21.9 Å². The fourth-order valence-electron chi connectivity index (χ4n) is 3.09. The van der Waals surface area contributed by atoms with Gasteiger partial charge in [0.15, 0.2) is 5.82 Å². The number of carboxylic acid groups (broad SMARTS) is 1. The molecule has 0 amide bonds. The molecule has 0 spiro atoms. The summed E-state index contributed by atoms with van der Waals surface area (Å²) in [6.07, 6.45) is -0.0269. The predicted octanol–water partition coefficient (Wildman–Crippen LogP) is 2.94. The van der Waals surface area contributed by atoms with Crippen molar-refractivity contribution in [2.24, 2.45) is 0 Å². The van der Waals surface area contributed by atoms with Crippen molar-refractivity contribution in [3.63, 3.8) is 0 Å². The molecule has 0 aliphatic heterocycles. The van der Waals surface area contributed by atoms with Gasteiger partial charge in [-0.2, -0.15) is 13.2 Å². The van der Waals surface area contributed by atoms with Crippen molar-refractivity contribution >= 4 is 44.6 Å². The fraction of sp³-hybridized carbons (Fsp3) is 0.150. The molecule has 0 aliphatic rings. The largest absolute Gasteiger partial charge is 0.478 e. The SMILES string of the molecule is CS(=O)(=O)Nc1nccnc1CNN(c1ncc(C(F)(F)F)cn1)c1cc2c(C(=O)O)cccc2o1. The molecule has 0 aliphatic carbocycles. The lowest BCUT2D eigenvalue weighted by atomic mass is 10.1. The summed E-state index contributed by atoms with van der Waals surface area (Å²) in [6, 6.07) is 5.68. The molecule has 3 heterocycles. The molecule has 4 aromatic rings. The molecule has 0 fully saturated rings. The average molecular weight is 523 g/mol. The number of aromatic carboxylic acids is 1. The van der Waals surface area contributed by atoms with Gasteiger partial charge in [0.25, 0.3) is 0 Å². The summed E-state index contributed by atoms with van der Waals surface area (Å²) in [6.45, 7) is -0.209. The highest BCUT2D eigenvalue weighted by Gasteiger charge is 2.32. The number of furan rings is 1. The fourth-order valence-corrected chi connectivity index (χ4v) is 3.61. The van der Waals surface area contributed by atoms with Crippen molar-refractivity contribution in [1.82, 2.24) is 25.4 Å². The molecule has 188 valence electrons. The predicted molar refractivity (Wildman–Crippen MR) is 120 cm³/mol. The Morgan fingerprint density at radius 3 is 2.47 bits per heavy atom. The summed E-state index contributed by atoms with van der Waals surface area (Å²) in [5.41, 5.74) is 1.97. The van der Waals surface area contributed by atoms with Gasteiger partial charge < -0.3 is 9.52 Å². The number of nitrogens with zero attached hydrogens (tertiary/aromatic N) is 5. The molecule has 0 saturated heterocycles. The van der Waals surface area contributed by atoms with Crippen molar-refractivity contribution < 1.29 is 35.9 Å². The Bertz CT molecular complexity index is 1520. The summed E-state index contributed by atoms with van der Waals surface area (Å²) in [5.74, 6) is -1.63. The molecule has 12 nitrogen and oxygen atoms in total. The van der Waals surface area contributed by atoms with Crippen molar-refractivity contribution in [2.45, 2.75) is 12.7 Å². The first-order valence-corrected chi connectivity index (χ1v) is 11.8. The summed E-state index contributed by atoms with van der Waals surface area (Å²) in [7, 11) is -3.69. The van der Waals surface area contributed by atoms with Gasteiger partial charge in [-0.3, -0.25) is 9.71 Å². The van der Waals surface area contributed by atoms with Crippen molar-refractivity contribution in [3.05, 3.63) is 65.9 Å². The third-order valence-electron chi connectivity index (χ3n) is 4.63. The van der Waals surface area contributed by atoms with Crippen molar-refractivity contribution in [3.8, 4) is 0 Å². The lowest BCUT2D eigenvalue weighted by Crippen LogP contribution is -2.35. The van der Waals surface area contributed by atoms with Crippen LogP contribution in [0.25, 0.3) is 11.0 Å². The zero-order valence-electron chi connectivity index (χ0n) is 18.2. The van der Waals surface area contributed by atoms with E-state index in [1.54, 1.807) is 0 Å². The second-order valence-electron chi connectivity index (χ2n) is 7.27. The van der Waals surface area contributed by atoms with E-state index in [-0.39, 0.29) is 46.4 Å². The monoisotopic (exact) mass is 523 g/mol. The Morgan fingerprint density at radius 1 is 1.14 bits per heavy atom. The summed E-state index contributed by atoms with van der Waals surface area (Å²) < 4.78 is 70.2. The van der Waals surface area contributed by atoms with E-state index in [1.165, 1.54) is 36.7 Å². The highest BCUT2D eigenvalue weighted by atomic mass is 32.2. The van der Waals surface area contributed by atoms with Gasteiger partial charge in [-0.05, 0) is 12.1 Å². The van der Waals surface area contributed by atoms with Crippen LogP contribution in [-0.4, -0.2) is 45.7 Å². The topological polar surface area (TPSA) is 163 Å². The van der Waals surface area contributed by atoms with Crippen LogP contribution < -0.4 is 15.2 Å². The molecule has 16 heteroatoms. The van der Waals surface area contributed by atoms with Gasteiger partial charge in [0.05, 0.1) is 29.6 Å². The van der Waals surface area contributed by atoms with E-state index in [2.05, 4.69) is 30.1 Å². The third-order valence-corrected chi connectivity index (χ3v) is 5.19. The Hall–Kier alpha value is -4.31. The van der Waals surface area contributed by atoms with E-state index in [1.807, 2.05) is 0 Å². The summed E-state index contributed by atoms with van der Waals surface area (Å²) >= 11 is 0. The van der Waals surface area contributed by atoms with Crippen molar-refractivity contribution in [2.75, 3.05) is 16.0 Å². The van der Waals surface area contributed by atoms with E-state index in [0.29, 0.717) is 12.4 Å². The van der Waals surface area contributed by atoms with Crippen LogP contribution in [0.2, 0.25) is 0 Å². The number of anilines is 3. The maximum Gasteiger partial charge on any atom is 0.419 e. The molecule has 0 atom stereocenters. The number of alkyl halides is 3. The molecule has 36 heavy (non-hydrogen) atoms. The molecular weight excluding hydrogens is 507 g/mol. The maximum absolute atomic E-state index is 13.0. The molecular formula is C20H16F3N7O5S. The number of fused-ring (bicyclic) bond motifs is 1. The van der Waals surface area contributed by atoms with Crippen LogP contribution in [0.4, 0.5) is 30.8 Å². The molecule has 4 rings (SSSR count). The first-order valence-electron chi connectivity index (χ1n) is 9.89. The quantitative estimate of drug-likeness (QED) is 0.291. The highest BCUT2D eigenvalue weighted by molar-refractivity contribution is 7.92. The normalized spacial score (nSPS) is 12.0. The van der Waals surface area contributed by atoms with Crippen molar-refractivity contribution in [1.29, 1.82) is 0 Å². The Balaban J connectivity index is 1.74. The second kappa shape index (κ2) is 9.38. The van der Waals surface area contributed by atoms with E-state index in [0.717, 1.165) is 11.3 Å². The lowest BCUT2D eigenvalue weighted by Gasteiger charge is -2.21. The number of rotatable bonds is 8. The standard InChI is InChI=1S/C20H16F3N7O5S/c1-36(33,34)29-17-14(24-5-6-25-17)10-28-30(19-26-8-11(9-27-19)20(21,22)23)16-7-13-12(18(31)32)3-2-4-15(13)35-16/h2-9,28H,10H2,1H3,(H,25,29)(H,31,32). The van der Waals surface area contributed by atoms with Gasteiger partial charge in [-0.25, -0.2) is 38.6 Å². The van der Waals surface area contributed by atoms with Gasteiger partial charge in [-0.1, -0.05) is 6.07 Å². The average Bonchev–Trinajstić information content (AvgIpc) is 3.23. The molecule has 0 radical (unpaired) electrons. The molecule has 3 aromatic heterocycles. The molecule has 0 saturated carbocycles. The van der Waals surface area contributed by atoms with Crippen LogP contribution in [0, 0.1) is 0 Å². The van der Waals surface area contributed by atoms with Gasteiger partial charge >= 0.3 is 12.1 Å². The number of hydrogen-bond donors (Lipinski definition) is 3. The molecule has 1 aromatic carbocycles. The lowest BCUT2D eigenvalue weighted by molar-refractivity contribution is -0.138. The minimum Gasteiger partial charge on any atom is -0.478 e. The number of hydrogen-bond acceptors (Lipinski definition) is 10. The number of nitrogens with one attached hydrogen (secondary N) is 2. The number of halogens is 3. The number of aromatic nitrogens is 4. The van der Waals surface area contributed by atoms with Crippen LogP contribution in [0.3, 0.4) is 0 Å². The van der Waals surface area contributed by atoms with E-state index < -0.39 is 27.7 Å². The Kier molecular flexibility index (Phi) is 6.47. The number of carbonyl (C=O) groups is 1. The first kappa shape index (κ1) is 24.8. The van der Waals surface area contributed by atoms with Gasteiger partial charge in [-0.15, -0.1) is 0 Å². The van der Waals surface area contributed by atoms with E-state index in [4.69, 9.17) is 4.42 Å². The van der Waals surface area contributed by atoms with Crippen LogP contribution >= 0.6 is 0 Å². The smallest absolute Gasteiger partial charge is 0.419 e. The van der Waals surface area contributed by atoms with E-state index >= 15 is 0 Å². The molecule has 0 bridgehead atoms. The minimum absolute atomic E-state index is 0.0556. The maximum atomic E-state index is 13.0. The van der Waals surface area contributed by atoms with E-state index in [9.17, 15) is 31.5 Å². The number of hydrazine groups is 1. The van der Waals surface area contributed by atoms with Gasteiger partial charge in [0.1, 0.15) is 5.58 Å². The summed E-state index contributed by atoms with van der Waals surface area (Å²) in [4.78, 5) is 27.1. The molecule has 3 N–H and O–H groups in total. The summed E-state index contributed by atoms with van der Waals surface area (Å²) in [5, 5.41) is 10.8. The Morgan fingerprint density at radius 2 is 1.83 bits per heavy atom. The zero-order valence-corrected chi connectivity index (χ0v) is 19.0. The van der Waals surface area contributed by atoms with Crippen LogP contribution in [0.5, 0.6) is 0 Å². The molecule has 0 unspecified atom stereocenters. The zero-order chi connectivity index (χ0) is 26.1. The van der Waals surface area contributed by atoms with Crippen LogP contribution in [0.15, 0.2) is 53.5 Å². The van der Waals surface area contributed by atoms with Crippen LogP contribution in [-0.2, 0) is 22.7 Å². The van der Waals surface area contributed by atoms with Gasteiger partial charge in [0, 0.05) is 36.2 Å². The number of benzene rings is 1. The first-order chi connectivity index (χ1) is 16.9. The second-order valence-corrected chi connectivity index (χ2v) is 9.02. The highest BCUT2D eigenvalue weighted by Crippen LogP contribution is 2.32.